The standard InChI is InChI=1S/C21H26N4O3/c26-19(27)23-16-3-1-2-15(12-16)22-13-20-6-9-21(10-7-20,11-8-20)18-24-17(25-28-18)14-4-5-14/h1-3,12,14,22-23H,4-11,13H2,(H,26,27). The van der Waals surface area contributed by atoms with Crippen LogP contribution in [0.1, 0.15) is 69.0 Å². The van der Waals surface area contributed by atoms with E-state index in [1.54, 1.807) is 6.07 Å². The Balaban J connectivity index is 1.22. The fourth-order valence-electron chi connectivity index (χ4n) is 4.93. The lowest BCUT2D eigenvalue weighted by Gasteiger charge is -2.52. The second kappa shape index (κ2) is 6.50. The third-order valence-electron chi connectivity index (χ3n) is 7.02. The average Bonchev–Trinajstić information content (AvgIpc) is 3.44. The normalized spacial score (nSPS) is 28.9. The Hall–Kier alpha value is -2.57. The predicted octanol–water partition coefficient (Wildman–Crippen LogP) is 4.74. The van der Waals surface area contributed by atoms with Crippen molar-refractivity contribution in [1.29, 1.82) is 0 Å². The number of carbonyl (C=O) groups is 1. The second-order valence-corrected chi connectivity index (χ2v) is 8.88. The number of hydrogen-bond donors (Lipinski definition) is 3. The molecule has 0 radical (unpaired) electrons. The molecule has 7 heteroatoms. The Bertz CT molecular complexity index is 865. The first-order valence-electron chi connectivity index (χ1n) is 10.2. The summed E-state index contributed by atoms with van der Waals surface area (Å²) in [5.41, 5.74) is 1.93. The Morgan fingerprint density at radius 1 is 1.14 bits per heavy atom. The Morgan fingerprint density at radius 2 is 1.86 bits per heavy atom. The van der Waals surface area contributed by atoms with Gasteiger partial charge in [0.2, 0.25) is 5.89 Å². The molecule has 1 aromatic carbocycles. The van der Waals surface area contributed by atoms with Crippen molar-refractivity contribution >= 4 is 17.5 Å². The van der Waals surface area contributed by atoms with Crippen LogP contribution in [0.15, 0.2) is 28.8 Å². The number of benzene rings is 1. The minimum absolute atomic E-state index is 0.0905. The van der Waals surface area contributed by atoms with Crippen molar-refractivity contribution < 1.29 is 14.4 Å². The molecule has 148 valence electrons. The fourth-order valence-corrected chi connectivity index (χ4v) is 4.93. The SMILES string of the molecule is O=C(O)Nc1cccc(NCC23CCC(c4nc(C5CC5)no4)(CC2)CC3)c1. The molecule has 0 spiro atoms. The zero-order valence-electron chi connectivity index (χ0n) is 15.9. The van der Waals surface area contributed by atoms with Crippen LogP contribution in [0.25, 0.3) is 0 Å². The van der Waals surface area contributed by atoms with E-state index in [2.05, 4.69) is 15.8 Å². The van der Waals surface area contributed by atoms with Crippen LogP contribution < -0.4 is 10.6 Å². The molecule has 0 aliphatic heterocycles. The summed E-state index contributed by atoms with van der Waals surface area (Å²) in [5, 5.41) is 19.1. The molecule has 1 aromatic heterocycles. The van der Waals surface area contributed by atoms with E-state index in [1.807, 2.05) is 18.2 Å². The van der Waals surface area contributed by atoms with E-state index in [4.69, 9.17) is 14.6 Å². The molecule has 1 amide bonds. The second-order valence-electron chi connectivity index (χ2n) is 8.88. The molecule has 3 N–H and O–H groups in total. The largest absolute Gasteiger partial charge is 0.465 e. The minimum Gasteiger partial charge on any atom is -0.465 e. The topological polar surface area (TPSA) is 100 Å². The summed E-state index contributed by atoms with van der Waals surface area (Å²) in [6.45, 7) is 0.913. The van der Waals surface area contributed by atoms with E-state index in [9.17, 15) is 4.79 Å². The van der Waals surface area contributed by atoms with Gasteiger partial charge in [-0.3, -0.25) is 5.32 Å². The van der Waals surface area contributed by atoms with Gasteiger partial charge in [0.25, 0.3) is 0 Å². The maximum atomic E-state index is 10.8. The number of nitrogens with zero attached hydrogens (tertiary/aromatic N) is 2. The van der Waals surface area contributed by atoms with Crippen molar-refractivity contribution in [3.05, 3.63) is 36.0 Å². The number of aromatic nitrogens is 2. The number of hydrogen-bond acceptors (Lipinski definition) is 5. The summed E-state index contributed by atoms with van der Waals surface area (Å²) in [5.74, 6) is 2.34. The van der Waals surface area contributed by atoms with Crippen molar-refractivity contribution in [2.45, 2.75) is 62.7 Å². The Labute approximate surface area is 163 Å². The van der Waals surface area contributed by atoms with Gasteiger partial charge in [-0.2, -0.15) is 4.98 Å². The maximum Gasteiger partial charge on any atom is 0.409 e. The molecule has 1 heterocycles. The van der Waals surface area contributed by atoms with Crippen molar-refractivity contribution in [2.24, 2.45) is 5.41 Å². The van der Waals surface area contributed by atoms with Crippen molar-refractivity contribution in [2.75, 3.05) is 17.2 Å². The van der Waals surface area contributed by atoms with Crippen molar-refractivity contribution in [3.63, 3.8) is 0 Å². The summed E-state index contributed by atoms with van der Waals surface area (Å²) in [4.78, 5) is 15.6. The fraction of sp³-hybridized carbons (Fsp3) is 0.571. The quantitative estimate of drug-likeness (QED) is 0.667. The molecule has 2 aromatic rings. The first kappa shape index (κ1) is 17.5. The van der Waals surface area contributed by atoms with E-state index in [1.165, 1.54) is 12.8 Å². The smallest absolute Gasteiger partial charge is 0.409 e. The average molecular weight is 382 g/mol. The van der Waals surface area contributed by atoms with Crippen LogP contribution in [0, 0.1) is 5.41 Å². The van der Waals surface area contributed by atoms with Crippen LogP contribution in [0.2, 0.25) is 0 Å². The first-order chi connectivity index (χ1) is 13.6. The van der Waals surface area contributed by atoms with Gasteiger partial charge in [0.05, 0.1) is 0 Å². The van der Waals surface area contributed by atoms with Crippen LogP contribution in [0.4, 0.5) is 16.2 Å². The summed E-state index contributed by atoms with van der Waals surface area (Å²) >= 11 is 0. The highest BCUT2D eigenvalue weighted by Crippen LogP contribution is 2.57. The predicted molar refractivity (Wildman–Crippen MR) is 105 cm³/mol. The van der Waals surface area contributed by atoms with E-state index >= 15 is 0 Å². The maximum absolute atomic E-state index is 10.8. The molecule has 0 atom stereocenters. The van der Waals surface area contributed by atoms with Gasteiger partial charge in [-0.1, -0.05) is 11.2 Å². The van der Waals surface area contributed by atoms with E-state index < -0.39 is 6.09 Å². The molecular formula is C21H26N4O3. The van der Waals surface area contributed by atoms with Crippen LogP contribution in [0.5, 0.6) is 0 Å². The molecule has 2 bridgehead atoms. The Morgan fingerprint density at radius 3 is 2.54 bits per heavy atom. The highest BCUT2D eigenvalue weighted by Gasteiger charge is 2.52. The summed E-state index contributed by atoms with van der Waals surface area (Å²) in [6.07, 6.45) is 8.17. The monoisotopic (exact) mass is 382 g/mol. The van der Waals surface area contributed by atoms with Crippen LogP contribution in [-0.4, -0.2) is 27.9 Å². The zero-order chi connectivity index (χ0) is 19.2. The molecule has 4 saturated carbocycles. The molecule has 6 rings (SSSR count). The lowest BCUT2D eigenvalue weighted by Crippen LogP contribution is -2.47. The molecule has 4 aliphatic carbocycles. The number of nitrogens with one attached hydrogen (secondary N) is 2. The van der Waals surface area contributed by atoms with Gasteiger partial charge >= 0.3 is 6.09 Å². The Kier molecular flexibility index (Phi) is 4.07. The summed E-state index contributed by atoms with van der Waals surface area (Å²) < 4.78 is 5.70. The number of rotatable bonds is 6. The van der Waals surface area contributed by atoms with E-state index in [-0.39, 0.29) is 5.41 Å². The highest BCUT2D eigenvalue weighted by atomic mass is 16.5. The molecule has 0 saturated heterocycles. The number of fused-ring (bicyclic) bond motifs is 3. The van der Waals surface area contributed by atoms with E-state index in [0.29, 0.717) is 17.0 Å². The van der Waals surface area contributed by atoms with Gasteiger partial charge in [-0.05, 0) is 75.0 Å². The number of amides is 1. The highest BCUT2D eigenvalue weighted by molar-refractivity contribution is 5.83. The van der Waals surface area contributed by atoms with Gasteiger partial charge in [0.15, 0.2) is 5.82 Å². The van der Waals surface area contributed by atoms with Gasteiger partial charge < -0.3 is 14.9 Å². The van der Waals surface area contributed by atoms with Gasteiger partial charge in [-0.25, -0.2) is 4.79 Å². The van der Waals surface area contributed by atoms with Crippen LogP contribution in [0.3, 0.4) is 0 Å². The number of carboxylic acid groups (broad SMARTS) is 1. The van der Waals surface area contributed by atoms with Crippen molar-refractivity contribution in [1.82, 2.24) is 10.1 Å². The molecule has 0 unspecified atom stereocenters. The van der Waals surface area contributed by atoms with Gasteiger partial charge in [-0.15, -0.1) is 0 Å². The van der Waals surface area contributed by atoms with Gasteiger partial charge in [0.1, 0.15) is 0 Å². The number of anilines is 2. The van der Waals surface area contributed by atoms with Crippen molar-refractivity contribution in [3.8, 4) is 0 Å². The summed E-state index contributed by atoms with van der Waals surface area (Å²) in [7, 11) is 0. The third-order valence-corrected chi connectivity index (χ3v) is 7.02. The molecular weight excluding hydrogens is 356 g/mol. The van der Waals surface area contributed by atoms with Gasteiger partial charge in [0, 0.05) is 29.3 Å². The molecule has 4 fully saturated rings. The first-order valence-corrected chi connectivity index (χ1v) is 10.2. The molecule has 28 heavy (non-hydrogen) atoms. The summed E-state index contributed by atoms with van der Waals surface area (Å²) in [6, 6.07) is 7.45. The molecule has 7 nitrogen and oxygen atoms in total. The third kappa shape index (κ3) is 3.23. The minimum atomic E-state index is -1.04. The van der Waals surface area contributed by atoms with Crippen LogP contribution >= 0.6 is 0 Å². The lowest BCUT2D eigenvalue weighted by atomic mass is 9.53. The lowest BCUT2D eigenvalue weighted by molar-refractivity contribution is 0.0322. The van der Waals surface area contributed by atoms with E-state index in [0.717, 1.165) is 62.5 Å². The zero-order valence-corrected chi connectivity index (χ0v) is 15.9. The molecule has 4 aliphatic rings. The van der Waals surface area contributed by atoms with Crippen LogP contribution in [-0.2, 0) is 5.41 Å².